The summed E-state index contributed by atoms with van der Waals surface area (Å²) in [4.78, 5) is 24.4. The van der Waals surface area contributed by atoms with Gasteiger partial charge < -0.3 is 10.6 Å². The van der Waals surface area contributed by atoms with Crippen molar-refractivity contribution in [1.29, 1.82) is 0 Å². The third-order valence-corrected chi connectivity index (χ3v) is 4.19. The highest BCUT2D eigenvalue weighted by Crippen LogP contribution is 2.29. The largest absolute Gasteiger partial charge is 0.326 e. The molecule has 2 aromatic carbocycles. The van der Waals surface area contributed by atoms with E-state index in [1.165, 1.54) is 5.56 Å². The second kappa shape index (κ2) is 8.17. The van der Waals surface area contributed by atoms with Crippen molar-refractivity contribution in [3.63, 3.8) is 0 Å². The molecule has 26 heavy (non-hydrogen) atoms. The van der Waals surface area contributed by atoms with Crippen LogP contribution in [0.25, 0.3) is 0 Å². The number of nitrogens with one attached hydrogen (secondary N) is 2. The maximum Gasteiger partial charge on any atom is 0.233 e. The van der Waals surface area contributed by atoms with Gasteiger partial charge in [0.2, 0.25) is 11.8 Å². The molecule has 0 aliphatic rings. The molecule has 0 saturated heterocycles. The fourth-order valence-corrected chi connectivity index (χ4v) is 2.74. The number of para-hydroxylation sites is 1. The van der Waals surface area contributed by atoms with Crippen LogP contribution in [-0.2, 0) is 15.0 Å². The van der Waals surface area contributed by atoms with Gasteiger partial charge in [0.1, 0.15) is 6.42 Å². The number of hydrogen-bond donors (Lipinski definition) is 2. The van der Waals surface area contributed by atoms with Crippen LogP contribution in [0, 0.1) is 0 Å². The minimum atomic E-state index is -0.326. The van der Waals surface area contributed by atoms with Crippen LogP contribution in [-0.4, -0.2) is 11.8 Å². The lowest BCUT2D eigenvalue weighted by atomic mass is 9.86. The summed E-state index contributed by atoms with van der Waals surface area (Å²) in [6, 6.07) is 15.4. The Balaban J connectivity index is 1.97. The van der Waals surface area contributed by atoms with Crippen LogP contribution < -0.4 is 10.6 Å². The lowest BCUT2D eigenvalue weighted by Gasteiger charge is -2.23. The molecule has 0 atom stereocenters. The molecule has 2 rings (SSSR count). The molecular formula is C22H28N2O2. The molecule has 138 valence electrons. The predicted octanol–water partition coefficient (Wildman–Crippen LogP) is 5.07. The summed E-state index contributed by atoms with van der Waals surface area (Å²) in [5.41, 5.74) is 3.60. The van der Waals surface area contributed by atoms with Crippen LogP contribution >= 0.6 is 0 Å². The lowest BCUT2D eigenvalue weighted by molar-refractivity contribution is -0.123. The van der Waals surface area contributed by atoms with E-state index in [4.69, 9.17) is 0 Å². The zero-order chi connectivity index (χ0) is 19.3. The molecule has 4 nitrogen and oxygen atoms in total. The van der Waals surface area contributed by atoms with Gasteiger partial charge in [-0.05, 0) is 40.7 Å². The molecular weight excluding hydrogens is 324 g/mol. The van der Waals surface area contributed by atoms with Crippen molar-refractivity contribution in [1.82, 2.24) is 0 Å². The highest BCUT2D eigenvalue weighted by Gasteiger charge is 2.19. The number of rotatable bonds is 5. The Morgan fingerprint density at radius 2 is 1.46 bits per heavy atom. The molecule has 0 bridgehead atoms. The number of hydrogen-bond acceptors (Lipinski definition) is 2. The maximum atomic E-state index is 12.3. The highest BCUT2D eigenvalue weighted by atomic mass is 16.2. The predicted molar refractivity (Wildman–Crippen MR) is 108 cm³/mol. The molecule has 0 fully saturated rings. The first kappa shape index (κ1) is 19.7. The molecule has 2 amide bonds. The van der Waals surface area contributed by atoms with Crippen LogP contribution in [0.5, 0.6) is 0 Å². The van der Waals surface area contributed by atoms with E-state index in [0.29, 0.717) is 11.6 Å². The van der Waals surface area contributed by atoms with Crippen LogP contribution in [0.15, 0.2) is 48.5 Å². The number of amides is 2. The van der Waals surface area contributed by atoms with Crippen molar-refractivity contribution in [3.8, 4) is 0 Å². The molecule has 2 aromatic rings. The van der Waals surface area contributed by atoms with E-state index in [1.54, 1.807) is 0 Å². The fourth-order valence-electron chi connectivity index (χ4n) is 2.74. The summed E-state index contributed by atoms with van der Waals surface area (Å²) in [6.45, 7) is 10.5. The second-order valence-corrected chi connectivity index (χ2v) is 7.85. The standard InChI is InChI=1S/C22H28N2O2/c1-15(2)16-10-12-17(13-11-16)23-20(25)14-21(26)24-19-9-7-6-8-18(19)22(3,4)5/h6-13,15H,14H2,1-5H3,(H,23,25)(H,24,26). The van der Waals surface area contributed by atoms with Gasteiger partial charge in [-0.25, -0.2) is 0 Å². The minimum Gasteiger partial charge on any atom is -0.326 e. The van der Waals surface area contributed by atoms with Crippen molar-refractivity contribution in [3.05, 3.63) is 59.7 Å². The van der Waals surface area contributed by atoms with Crippen molar-refractivity contribution in [2.24, 2.45) is 0 Å². The van der Waals surface area contributed by atoms with Crippen molar-refractivity contribution < 1.29 is 9.59 Å². The van der Waals surface area contributed by atoms with Gasteiger partial charge in [0.15, 0.2) is 0 Å². The molecule has 0 aliphatic carbocycles. The van der Waals surface area contributed by atoms with Crippen molar-refractivity contribution >= 4 is 23.2 Å². The molecule has 2 N–H and O–H groups in total. The summed E-state index contributed by atoms with van der Waals surface area (Å²) in [5.74, 6) is -0.209. The molecule has 0 radical (unpaired) electrons. The first-order chi connectivity index (χ1) is 12.2. The Hall–Kier alpha value is -2.62. The molecule has 0 heterocycles. The monoisotopic (exact) mass is 352 g/mol. The van der Waals surface area contributed by atoms with Crippen LogP contribution in [0.2, 0.25) is 0 Å². The van der Waals surface area contributed by atoms with Crippen molar-refractivity contribution in [2.75, 3.05) is 10.6 Å². The Kier molecular flexibility index (Phi) is 6.19. The minimum absolute atomic E-state index is 0.0930. The van der Waals surface area contributed by atoms with Gasteiger partial charge in [-0.2, -0.15) is 0 Å². The summed E-state index contributed by atoms with van der Waals surface area (Å²) in [5, 5.41) is 5.63. The first-order valence-corrected chi connectivity index (χ1v) is 8.96. The van der Waals surface area contributed by atoms with E-state index in [1.807, 2.05) is 48.5 Å². The van der Waals surface area contributed by atoms with E-state index >= 15 is 0 Å². The van der Waals surface area contributed by atoms with Gasteiger partial charge in [-0.3, -0.25) is 9.59 Å². The van der Waals surface area contributed by atoms with E-state index in [2.05, 4.69) is 45.3 Å². The van der Waals surface area contributed by atoms with Gasteiger partial charge >= 0.3 is 0 Å². The van der Waals surface area contributed by atoms with Gasteiger partial charge in [-0.15, -0.1) is 0 Å². The summed E-state index contributed by atoms with van der Waals surface area (Å²) < 4.78 is 0. The van der Waals surface area contributed by atoms with Gasteiger partial charge in [0.05, 0.1) is 0 Å². The van der Waals surface area contributed by atoms with Crippen LogP contribution in [0.3, 0.4) is 0 Å². The zero-order valence-corrected chi connectivity index (χ0v) is 16.2. The van der Waals surface area contributed by atoms with E-state index in [9.17, 15) is 9.59 Å². The molecule has 0 aliphatic heterocycles. The topological polar surface area (TPSA) is 58.2 Å². The average Bonchev–Trinajstić information content (AvgIpc) is 2.54. The molecule has 4 heteroatoms. The summed E-state index contributed by atoms with van der Waals surface area (Å²) >= 11 is 0. The number of carbonyl (C=O) groups excluding carboxylic acids is 2. The number of anilines is 2. The normalized spacial score (nSPS) is 11.3. The van der Waals surface area contributed by atoms with E-state index < -0.39 is 0 Å². The van der Waals surface area contributed by atoms with E-state index in [0.717, 1.165) is 11.3 Å². The van der Waals surface area contributed by atoms with Crippen LogP contribution in [0.4, 0.5) is 11.4 Å². The second-order valence-electron chi connectivity index (χ2n) is 7.85. The Labute approximate surface area is 156 Å². The SMILES string of the molecule is CC(C)c1ccc(NC(=O)CC(=O)Nc2ccccc2C(C)(C)C)cc1. The van der Waals surface area contributed by atoms with Crippen LogP contribution in [0.1, 0.15) is 58.1 Å². The Morgan fingerprint density at radius 3 is 2.04 bits per heavy atom. The Morgan fingerprint density at radius 1 is 0.885 bits per heavy atom. The number of benzene rings is 2. The van der Waals surface area contributed by atoms with Gasteiger partial charge in [0, 0.05) is 11.4 Å². The smallest absolute Gasteiger partial charge is 0.233 e. The fraction of sp³-hybridized carbons (Fsp3) is 0.364. The quantitative estimate of drug-likeness (QED) is 0.738. The molecule has 0 unspecified atom stereocenters. The highest BCUT2D eigenvalue weighted by molar-refractivity contribution is 6.08. The van der Waals surface area contributed by atoms with E-state index in [-0.39, 0.29) is 23.7 Å². The summed E-state index contributed by atoms with van der Waals surface area (Å²) in [7, 11) is 0. The van der Waals surface area contributed by atoms with Gasteiger partial charge in [-0.1, -0.05) is 65.0 Å². The first-order valence-electron chi connectivity index (χ1n) is 8.96. The Bertz CT molecular complexity index is 771. The lowest BCUT2D eigenvalue weighted by Crippen LogP contribution is -2.23. The number of carbonyl (C=O) groups is 2. The summed E-state index contributed by atoms with van der Waals surface area (Å²) in [6.07, 6.45) is -0.218. The average molecular weight is 352 g/mol. The van der Waals surface area contributed by atoms with Gasteiger partial charge in [0.25, 0.3) is 0 Å². The third kappa shape index (κ3) is 5.45. The van der Waals surface area contributed by atoms with Crippen molar-refractivity contribution in [2.45, 2.75) is 52.4 Å². The maximum absolute atomic E-state index is 12.3. The molecule has 0 spiro atoms. The zero-order valence-electron chi connectivity index (χ0n) is 16.2. The molecule has 0 aromatic heterocycles. The third-order valence-electron chi connectivity index (χ3n) is 4.19. The molecule has 0 saturated carbocycles.